The second-order valence-corrected chi connectivity index (χ2v) is 4.01. The van der Waals surface area contributed by atoms with Crippen molar-refractivity contribution in [2.24, 2.45) is 0 Å². The van der Waals surface area contributed by atoms with Crippen LogP contribution in [0, 0.1) is 10.1 Å². The molecule has 0 unspecified atom stereocenters. The molecule has 0 saturated carbocycles. The van der Waals surface area contributed by atoms with Crippen LogP contribution in [-0.4, -0.2) is 9.91 Å². The lowest BCUT2D eigenvalue weighted by molar-refractivity contribution is -0.384. The summed E-state index contributed by atoms with van der Waals surface area (Å²) in [5, 5.41) is 10.8. The van der Waals surface area contributed by atoms with Crippen molar-refractivity contribution in [1.82, 2.24) is 4.98 Å². The molecule has 2 rings (SSSR count). The van der Waals surface area contributed by atoms with Gasteiger partial charge in [0.25, 0.3) is 5.69 Å². The molecule has 0 aliphatic carbocycles. The van der Waals surface area contributed by atoms with Gasteiger partial charge in [0.15, 0.2) is 0 Å². The fourth-order valence-corrected chi connectivity index (χ4v) is 1.74. The molecule has 1 heterocycles. The van der Waals surface area contributed by atoms with E-state index in [9.17, 15) is 10.1 Å². The van der Waals surface area contributed by atoms with Gasteiger partial charge in [-0.2, -0.15) is 0 Å². The highest BCUT2D eigenvalue weighted by molar-refractivity contribution is 5.59. The number of nitro groups is 1. The predicted octanol–water partition coefficient (Wildman–Crippen LogP) is 2.36. The van der Waals surface area contributed by atoms with E-state index in [1.165, 1.54) is 6.07 Å². The second kappa shape index (κ2) is 5.27. The molecule has 1 aromatic heterocycles. The average Bonchev–Trinajstić information content (AvgIpc) is 2.38. The zero-order valence-corrected chi connectivity index (χ0v) is 9.74. The van der Waals surface area contributed by atoms with Crippen molar-refractivity contribution in [2.75, 3.05) is 5.73 Å². The maximum atomic E-state index is 10.8. The Balaban J connectivity index is 2.11. The Bertz CT molecular complexity index is 555. The molecule has 0 amide bonds. The Hall–Kier alpha value is -2.43. The predicted molar refractivity (Wildman–Crippen MR) is 69.2 cm³/mol. The van der Waals surface area contributed by atoms with Crippen molar-refractivity contribution in [1.29, 1.82) is 0 Å². The van der Waals surface area contributed by atoms with Gasteiger partial charge in [-0.1, -0.05) is 12.1 Å². The van der Waals surface area contributed by atoms with E-state index in [0.29, 0.717) is 0 Å². The molecule has 0 spiro atoms. The molecule has 1 aromatic carbocycles. The van der Waals surface area contributed by atoms with E-state index in [4.69, 9.17) is 5.73 Å². The van der Waals surface area contributed by atoms with Crippen LogP contribution in [0.15, 0.2) is 42.7 Å². The molecule has 0 aliphatic rings. The highest BCUT2D eigenvalue weighted by atomic mass is 16.6. The van der Waals surface area contributed by atoms with E-state index in [-0.39, 0.29) is 11.4 Å². The number of hydrogen-bond acceptors (Lipinski definition) is 4. The summed E-state index contributed by atoms with van der Waals surface area (Å²) in [6.45, 7) is 0. The average molecular weight is 243 g/mol. The zero-order valence-electron chi connectivity index (χ0n) is 9.74. The van der Waals surface area contributed by atoms with E-state index >= 15 is 0 Å². The number of pyridine rings is 1. The second-order valence-electron chi connectivity index (χ2n) is 4.01. The Morgan fingerprint density at radius 2 is 2.00 bits per heavy atom. The zero-order chi connectivity index (χ0) is 13.0. The number of anilines is 1. The van der Waals surface area contributed by atoms with Crippen LogP contribution in [0.5, 0.6) is 0 Å². The summed E-state index contributed by atoms with van der Waals surface area (Å²) >= 11 is 0. The lowest BCUT2D eigenvalue weighted by Crippen LogP contribution is -1.98. The summed E-state index contributed by atoms with van der Waals surface area (Å²) in [7, 11) is 0. The van der Waals surface area contributed by atoms with Crippen molar-refractivity contribution in [2.45, 2.75) is 12.8 Å². The third-order valence-electron chi connectivity index (χ3n) is 2.72. The summed E-state index contributed by atoms with van der Waals surface area (Å²) in [5.41, 5.74) is 7.73. The molecule has 0 atom stereocenters. The molecule has 0 saturated heterocycles. The third kappa shape index (κ3) is 2.82. The van der Waals surface area contributed by atoms with Crippen molar-refractivity contribution in [3.05, 3.63) is 64.0 Å². The van der Waals surface area contributed by atoms with Crippen LogP contribution in [0.1, 0.15) is 11.1 Å². The van der Waals surface area contributed by atoms with E-state index < -0.39 is 4.92 Å². The van der Waals surface area contributed by atoms with Crippen molar-refractivity contribution in [3.8, 4) is 0 Å². The molecule has 2 N–H and O–H groups in total. The number of nitrogen functional groups attached to an aromatic ring is 1. The summed E-state index contributed by atoms with van der Waals surface area (Å²) < 4.78 is 0. The van der Waals surface area contributed by atoms with Gasteiger partial charge in [0.05, 0.1) is 4.92 Å². The van der Waals surface area contributed by atoms with E-state index in [2.05, 4.69) is 4.98 Å². The van der Waals surface area contributed by atoms with Gasteiger partial charge < -0.3 is 5.73 Å². The SMILES string of the molecule is Nc1ccc(CCc2cccnc2)cc1[N+](=O)[O-]. The molecule has 18 heavy (non-hydrogen) atoms. The molecule has 5 nitrogen and oxygen atoms in total. The number of aryl methyl sites for hydroxylation is 2. The smallest absolute Gasteiger partial charge is 0.292 e. The topological polar surface area (TPSA) is 82.0 Å². The van der Waals surface area contributed by atoms with Gasteiger partial charge in [-0.15, -0.1) is 0 Å². The van der Waals surface area contributed by atoms with Gasteiger partial charge in [0, 0.05) is 18.5 Å². The molecule has 2 aromatic rings. The minimum Gasteiger partial charge on any atom is -0.393 e. The maximum absolute atomic E-state index is 10.8. The van der Waals surface area contributed by atoms with Crippen LogP contribution < -0.4 is 5.73 Å². The minimum atomic E-state index is -0.455. The molecule has 0 fully saturated rings. The molecule has 0 radical (unpaired) electrons. The molecule has 5 heteroatoms. The number of nitro benzene ring substituents is 1. The van der Waals surface area contributed by atoms with Crippen LogP contribution in [-0.2, 0) is 12.8 Å². The summed E-state index contributed by atoms with van der Waals surface area (Å²) in [6, 6.07) is 8.79. The van der Waals surface area contributed by atoms with Gasteiger partial charge in [-0.3, -0.25) is 15.1 Å². The number of hydrogen-bond donors (Lipinski definition) is 1. The number of aromatic nitrogens is 1. The number of benzene rings is 1. The Kier molecular flexibility index (Phi) is 3.52. The van der Waals surface area contributed by atoms with E-state index in [1.54, 1.807) is 18.5 Å². The standard InChI is InChI=1S/C13H13N3O2/c14-12-6-5-10(8-13(12)16(17)18)3-4-11-2-1-7-15-9-11/h1-2,5-9H,3-4,14H2. The Labute approximate surface area is 104 Å². The van der Waals surface area contributed by atoms with Gasteiger partial charge >= 0.3 is 0 Å². The van der Waals surface area contributed by atoms with Gasteiger partial charge in [0.1, 0.15) is 5.69 Å². The quantitative estimate of drug-likeness (QED) is 0.507. The first-order chi connectivity index (χ1) is 8.66. The highest BCUT2D eigenvalue weighted by Gasteiger charge is 2.11. The van der Waals surface area contributed by atoms with Crippen LogP contribution in [0.4, 0.5) is 11.4 Å². The van der Waals surface area contributed by atoms with Crippen LogP contribution in [0.25, 0.3) is 0 Å². The lowest BCUT2D eigenvalue weighted by Gasteiger charge is -2.03. The van der Waals surface area contributed by atoms with Crippen molar-refractivity contribution >= 4 is 11.4 Å². The molecular formula is C13H13N3O2. The molecule has 0 bridgehead atoms. The summed E-state index contributed by atoms with van der Waals surface area (Å²) in [4.78, 5) is 14.3. The number of rotatable bonds is 4. The highest BCUT2D eigenvalue weighted by Crippen LogP contribution is 2.23. The molecular weight excluding hydrogens is 230 g/mol. The largest absolute Gasteiger partial charge is 0.393 e. The monoisotopic (exact) mass is 243 g/mol. The lowest BCUT2D eigenvalue weighted by atomic mass is 10.0. The summed E-state index contributed by atoms with van der Waals surface area (Å²) in [5.74, 6) is 0. The van der Waals surface area contributed by atoms with Gasteiger partial charge in [0.2, 0.25) is 0 Å². The number of nitrogens with two attached hydrogens (primary N) is 1. The van der Waals surface area contributed by atoms with Gasteiger partial charge in [-0.05, 0) is 36.1 Å². The van der Waals surface area contributed by atoms with Crippen LogP contribution in [0.3, 0.4) is 0 Å². The maximum Gasteiger partial charge on any atom is 0.292 e. The third-order valence-corrected chi connectivity index (χ3v) is 2.72. The van der Waals surface area contributed by atoms with Crippen molar-refractivity contribution < 1.29 is 4.92 Å². The Morgan fingerprint density at radius 1 is 1.22 bits per heavy atom. The van der Waals surface area contributed by atoms with Crippen LogP contribution in [0.2, 0.25) is 0 Å². The molecule has 92 valence electrons. The first-order valence-electron chi connectivity index (χ1n) is 5.58. The fourth-order valence-electron chi connectivity index (χ4n) is 1.74. The first-order valence-corrected chi connectivity index (χ1v) is 5.58. The fraction of sp³-hybridized carbons (Fsp3) is 0.154. The summed E-state index contributed by atoms with van der Waals surface area (Å²) in [6.07, 6.45) is 5.05. The van der Waals surface area contributed by atoms with E-state index in [0.717, 1.165) is 24.0 Å². The molecule has 0 aliphatic heterocycles. The van der Waals surface area contributed by atoms with Crippen LogP contribution >= 0.6 is 0 Å². The van der Waals surface area contributed by atoms with Crippen molar-refractivity contribution in [3.63, 3.8) is 0 Å². The number of nitrogens with zero attached hydrogens (tertiary/aromatic N) is 2. The Morgan fingerprint density at radius 3 is 2.67 bits per heavy atom. The van der Waals surface area contributed by atoms with E-state index in [1.807, 2.05) is 18.2 Å². The minimum absolute atomic E-state index is 0.0290. The normalized spacial score (nSPS) is 10.2. The first kappa shape index (κ1) is 12.0. The van der Waals surface area contributed by atoms with Gasteiger partial charge in [-0.25, -0.2) is 0 Å².